The predicted molar refractivity (Wildman–Crippen MR) is 107 cm³/mol. The third-order valence-electron chi connectivity index (χ3n) is 4.68. The van der Waals surface area contributed by atoms with Gasteiger partial charge in [-0.3, -0.25) is 4.90 Å². The lowest BCUT2D eigenvalue weighted by Crippen LogP contribution is -2.48. The summed E-state index contributed by atoms with van der Waals surface area (Å²) >= 11 is 0. The van der Waals surface area contributed by atoms with Gasteiger partial charge in [0.05, 0.1) is 4.90 Å². The second kappa shape index (κ2) is 9.48. The highest BCUT2D eigenvalue weighted by Crippen LogP contribution is 2.22. The summed E-state index contributed by atoms with van der Waals surface area (Å²) in [5, 5.41) is 0. The van der Waals surface area contributed by atoms with Gasteiger partial charge in [-0.1, -0.05) is 48.5 Å². The second-order valence-electron chi connectivity index (χ2n) is 6.43. The number of rotatable bonds is 6. The number of halogens is 1. The van der Waals surface area contributed by atoms with Gasteiger partial charge in [0.2, 0.25) is 10.0 Å². The highest BCUT2D eigenvalue weighted by atomic mass is 35.5. The zero-order chi connectivity index (χ0) is 17.7. The van der Waals surface area contributed by atoms with E-state index in [1.165, 1.54) is 0 Å². The van der Waals surface area contributed by atoms with Crippen LogP contribution in [-0.4, -0.2) is 58.0 Å². The molecule has 1 unspecified atom stereocenters. The molecule has 0 amide bonds. The minimum Gasteiger partial charge on any atom is -0.304 e. The van der Waals surface area contributed by atoms with Crippen molar-refractivity contribution in [2.24, 2.45) is 0 Å². The molecule has 1 atom stereocenters. The quantitative estimate of drug-likeness (QED) is 0.815. The molecule has 26 heavy (non-hydrogen) atoms. The summed E-state index contributed by atoms with van der Waals surface area (Å²) in [6.07, 6.45) is 0. The second-order valence-corrected chi connectivity index (χ2v) is 8.20. The molecule has 1 aliphatic rings. The number of nitrogens with zero attached hydrogens (tertiary/aromatic N) is 2. The molecule has 2 aromatic rings. The Morgan fingerprint density at radius 1 is 0.923 bits per heavy atom. The number of piperazine rings is 1. The highest BCUT2D eigenvalue weighted by molar-refractivity contribution is 7.89. The molecule has 0 radical (unpaired) electrons. The van der Waals surface area contributed by atoms with Crippen molar-refractivity contribution in [3.63, 3.8) is 0 Å². The van der Waals surface area contributed by atoms with Gasteiger partial charge in [0.1, 0.15) is 0 Å². The van der Waals surface area contributed by atoms with Gasteiger partial charge >= 0.3 is 0 Å². The molecule has 0 bridgehead atoms. The van der Waals surface area contributed by atoms with Crippen molar-refractivity contribution in [2.45, 2.75) is 10.9 Å². The maximum atomic E-state index is 12.6. The fraction of sp³-hybridized carbons (Fsp3) is 0.368. The summed E-state index contributed by atoms with van der Waals surface area (Å²) in [4.78, 5) is 4.97. The average Bonchev–Trinajstić information content (AvgIpc) is 2.65. The number of benzene rings is 2. The number of sulfonamides is 1. The first kappa shape index (κ1) is 20.9. The average molecular weight is 396 g/mol. The highest BCUT2D eigenvalue weighted by Gasteiger charge is 2.25. The molecule has 1 aliphatic heterocycles. The molecule has 1 fully saturated rings. The van der Waals surface area contributed by atoms with Crippen LogP contribution >= 0.6 is 12.4 Å². The van der Waals surface area contributed by atoms with Crippen LogP contribution in [0.3, 0.4) is 0 Å². The van der Waals surface area contributed by atoms with Crippen LogP contribution in [0.15, 0.2) is 65.6 Å². The number of hydrogen-bond acceptors (Lipinski definition) is 4. The molecule has 5 nitrogen and oxygen atoms in total. The summed E-state index contributed by atoms with van der Waals surface area (Å²) in [6, 6.07) is 18.7. The molecule has 3 rings (SSSR count). The van der Waals surface area contributed by atoms with Gasteiger partial charge in [0.25, 0.3) is 0 Å². The van der Waals surface area contributed by atoms with E-state index in [0.717, 1.165) is 31.7 Å². The van der Waals surface area contributed by atoms with Gasteiger partial charge in [0, 0.05) is 38.8 Å². The zero-order valence-corrected chi connectivity index (χ0v) is 16.5. The predicted octanol–water partition coefficient (Wildman–Crippen LogP) is 2.38. The molecule has 1 saturated heterocycles. The normalized spacial score (nSPS) is 17.4. The lowest BCUT2D eigenvalue weighted by Gasteiger charge is -2.38. The number of hydrogen-bond donors (Lipinski definition) is 1. The van der Waals surface area contributed by atoms with Crippen molar-refractivity contribution in [3.8, 4) is 0 Å². The first-order valence-electron chi connectivity index (χ1n) is 8.58. The van der Waals surface area contributed by atoms with E-state index < -0.39 is 10.0 Å². The Labute approximate surface area is 162 Å². The molecule has 0 spiro atoms. The molecular weight excluding hydrogens is 370 g/mol. The van der Waals surface area contributed by atoms with Crippen molar-refractivity contribution < 1.29 is 8.42 Å². The van der Waals surface area contributed by atoms with Crippen LogP contribution in [0.5, 0.6) is 0 Å². The van der Waals surface area contributed by atoms with Crippen molar-refractivity contribution >= 4 is 22.4 Å². The Hall–Kier alpha value is -1.44. The van der Waals surface area contributed by atoms with Gasteiger partial charge < -0.3 is 4.90 Å². The molecule has 142 valence electrons. The molecule has 0 saturated carbocycles. The van der Waals surface area contributed by atoms with Crippen molar-refractivity contribution in [2.75, 3.05) is 39.8 Å². The largest absolute Gasteiger partial charge is 0.304 e. The topological polar surface area (TPSA) is 52.6 Å². The Kier molecular flexibility index (Phi) is 7.61. The van der Waals surface area contributed by atoms with Crippen LogP contribution in [0.2, 0.25) is 0 Å². The Morgan fingerprint density at radius 3 is 2.04 bits per heavy atom. The van der Waals surface area contributed by atoms with E-state index in [0.29, 0.717) is 11.4 Å². The number of nitrogens with one attached hydrogen (secondary N) is 1. The van der Waals surface area contributed by atoms with E-state index in [1.54, 1.807) is 24.3 Å². The fourth-order valence-electron chi connectivity index (χ4n) is 3.14. The van der Waals surface area contributed by atoms with Crippen LogP contribution in [-0.2, 0) is 10.0 Å². The van der Waals surface area contributed by atoms with E-state index in [2.05, 4.69) is 33.7 Å². The van der Waals surface area contributed by atoms with Crippen molar-refractivity contribution in [3.05, 3.63) is 66.2 Å². The van der Waals surface area contributed by atoms with Crippen LogP contribution in [0.1, 0.15) is 11.6 Å². The molecule has 2 aromatic carbocycles. The summed E-state index contributed by atoms with van der Waals surface area (Å²) in [6.45, 7) is 4.22. The molecule has 1 heterocycles. The van der Waals surface area contributed by atoms with Crippen molar-refractivity contribution in [1.82, 2.24) is 14.5 Å². The van der Waals surface area contributed by atoms with E-state index >= 15 is 0 Å². The smallest absolute Gasteiger partial charge is 0.240 e. The SMILES string of the molecule is CN1CCN(C(CNS(=O)(=O)c2ccccc2)c2ccccc2)CC1.Cl. The molecule has 0 aromatic heterocycles. The molecular formula is C19H26ClN3O2S. The van der Waals surface area contributed by atoms with E-state index in [-0.39, 0.29) is 18.4 Å². The standard InChI is InChI=1S/C19H25N3O2S.ClH/c1-21-12-14-22(15-13-21)19(17-8-4-2-5-9-17)16-20-25(23,24)18-10-6-3-7-11-18;/h2-11,19-20H,12-16H2,1H3;1H. The molecule has 1 N–H and O–H groups in total. The maximum Gasteiger partial charge on any atom is 0.240 e. The third-order valence-corrected chi connectivity index (χ3v) is 6.12. The molecule has 7 heteroatoms. The first-order valence-corrected chi connectivity index (χ1v) is 10.1. The molecule has 0 aliphatic carbocycles. The van der Waals surface area contributed by atoms with Gasteiger partial charge in [-0.15, -0.1) is 12.4 Å². The minimum absolute atomic E-state index is 0. The van der Waals surface area contributed by atoms with Crippen LogP contribution < -0.4 is 4.72 Å². The monoisotopic (exact) mass is 395 g/mol. The lowest BCUT2D eigenvalue weighted by atomic mass is 10.0. The van der Waals surface area contributed by atoms with Gasteiger partial charge in [-0.05, 0) is 24.7 Å². The Balaban J connectivity index is 0.00000243. The van der Waals surface area contributed by atoms with Gasteiger partial charge in [-0.2, -0.15) is 0 Å². The summed E-state index contributed by atoms with van der Waals surface area (Å²) < 4.78 is 27.9. The van der Waals surface area contributed by atoms with Crippen LogP contribution in [0.25, 0.3) is 0 Å². The van der Waals surface area contributed by atoms with Crippen LogP contribution in [0.4, 0.5) is 0 Å². The minimum atomic E-state index is -3.50. The first-order chi connectivity index (χ1) is 12.1. The maximum absolute atomic E-state index is 12.6. The van der Waals surface area contributed by atoms with Gasteiger partial charge in [-0.25, -0.2) is 13.1 Å². The lowest BCUT2D eigenvalue weighted by molar-refractivity contribution is 0.113. The zero-order valence-electron chi connectivity index (χ0n) is 14.9. The summed E-state index contributed by atoms with van der Waals surface area (Å²) in [7, 11) is -1.38. The van der Waals surface area contributed by atoms with Crippen LogP contribution in [0, 0.1) is 0 Å². The van der Waals surface area contributed by atoms with Crippen molar-refractivity contribution in [1.29, 1.82) is 0 Å². The van der Waals surface area contributed by atoms with Gasteiger partial charge in [0.15, 0.2) is 0 Å². The fourth-order valence-corrected chi connectivity index (χ4v) is 4.20. The Morgan fingerprint density at radius 2 is 1.46 bits per heavy atom. The van der Waals surface area contributed by atoms with E-state index in [9.17, 15) is 8.42 Å². The van der Waals surface area contributed by atoms with E-state index in [4.69, 9.17) is 0 Å². The third kappa shape index (κ3) is 5.28. The summed E-state index contributed by atoms with van der Waals surface area (Å²) in [5.74, 6) is 0. The Bertz CT molecular complexity index is 764. The van der Waals surface area contributed by atoms with E-state index in [1.807, 2.05) is 24.3 Å². The summed E-state index contributed by atoms with van der Waals surface area (Å²) in [5.41, 5.74) is 1.14. The number of likely N-dealkylation sites (N-methyl/N-ethyl adjacent to an activating group) is 1.